The molecule has 1 aromatic carbocycles. The van der Waals surface area contributed by atoms with E-state index >= 15 is 0 Å². The van der Waals surface area contributed by atoms with Crippen molar-refractivity contribution in [2.75, 3.05) is 6.61 Å². The van der Waals surface area contributed by atoms with Crippen LogP contribution in [0.3, 0.4) is 0 Å². The second-order valence-electron chi connectivity index (χ2n) is 4.81. The van der Waals surface area contributed by atoms with Crippen LogP contribution < -0.4 is 0 Å². The number of hydrogen-bond donors (Lipinski definition) is 1. The summed E-state index contributed by atoms with van der Waals surface area (Å²) in [6.45, 7) is 6.34. The zero-order valence-electron chi connectivity index (χ0n) is 10.7. The molecular formula is C14H21FO2. The molecular weight excluding hydrogens is 219 g/mol. The van der Waals surface area contributed by atoms with E-state index in [0.29, 0.717) is 11.5 Å². The van der Waals surface area contributed by atoms with Gasteiger partial charge in [0.15, 0.2) is 0 Å². The quantitative estimate of drug-likeness (QED) is 0.826. The Morgan fingerprint density at radius 3 is 2.47 bits per heavy atom. The highest BCUT2D eigenvalue weighted by molar-refractivity contribution is 5.19. The van der Waals surface area contributed by atoms with Gasteiger partial charge in [0.1, 0.15) is 11.9 Å². The van der Waals surface area contributed by atoms with Crippen LogP contribution in [-0.4, -0.2) is 17.8 Å². The van der Waals surface area contributed by atoms with Crippen LogP contribution in [0.25, 0.3) is 0 Å². The molecule has 2 nitrogen and oxygen atoms in total. The van der Waals surface area contributed by atoms with E-state index in [0.717, 1.165) is 6.42 Å². The third kappa shape index (κ3) is 4.84. The van der Waals surface area contributed by atoms with Crippen LogP contribution in [0.1, 0.15) is 38.9 Å². The molecule has 96 valence electrons. The Morgan fingerprint density at radius 2 is 1.88 bits per heavy atom. The van der Waals surface area contributed by atoms with Gasteiger partial charge < -0.3 is 9.84 Å². The molecule has 0 heterocycles. The summed E-state index contributed by atoms with van der Waals surface area (Å²) in [7, 11) is 0. The summed E-state index contributed by atoms with van der Waals surface area (Å²) in [4.78, 5) is 0. The molecule has 0 spiro atoms. The molecule has 0 bridgehead atoms. The number of hydrogen-bond acceptors (Lipinski definition) is 2. The van der Waals surface area contributed by atoms with Gasteiger partial charge in [0, 0.05) is 5.56 Å². The molecule has 2 atom stereocenters. The van der Waals surface area contributed by atoms with E-state index < -0.39 is 6.10 Å². The molecule has 3 heteroatoms. The van der Waals surface area contributed by atoms with Crippen LogP contribution in [0.5, 0.6) is 0 Å². The van der Waals surface area contributed by atoms with Gasteiger partial charge in [-0.2, -0.15) is 0 Å². The number of rotatable bonds is 6. The molecule has 0 saturated carbocycles. The molecule has 0 aromatic heterocycles. The SMILES string of the molecule is CC(C)CC(C)OCC(O)c1ccccc1F. The van der Waals surface area contributed by atoms with Gasteiger partial charge >= 0.3 is 0 Å². The molecule has 1 rings (SSSR count). The maximum atomic E-state index is 13.4. The summed E-state index contributed by atoms with van der Waals surface area (Å²) in [6.07, 6.45) is 0.117. The molecule has 0 radical (unpaired) electrons. The topological polar surface area (TPSA) is 29.5 Å². The highest BCUT2D eigenvalue weighted by Gasteiger charge is 2.14. The maximum Gasteiger partial charge on any atom is 0.129 e. The average Bonchev–Trinajstić information content (AvgIpc) is 2.25. The lowest BCUT2D eigenvalue weighted by Crippen LogP contribution is -2.17. The highest BCUT2D eigenvalue weighted by Crippen LogP contribution is 2.18. The van der Waals surface area contributed by atoms with Gasteiger partial charge in [-0.3, -0.25) is 0 Å². The number of aliphatic hydroxyl groups is 1. The molecule has 0 aliphatic heterocycles. The van der Waals surface area contributed by atoms with E-state index in [2.05, 4.69) is 13.8 Å². The summed E-state index contributed by atoms with van der Waals surface area (Å²) < 4.78 is 18.9. The smallest absolute Gasteiger partial charge is 0.129 e. The Morgan fingerprint density at radius 1 is 1.24 bits per heavy atom. The Bertz CT molecular complexity index is 339. The number of halogens is 1. The molecule has 0 amide bonds. The standard InChI is InChI=1S/C14H21FO2/c1-10(2)8-11(3)17-9-14(16)12-6-4-5-7-13(12)15/h4-7,10-11,14,16H,8-9H2,1-3H3. The van der Waals surface area contributed by atoms with Crippen molar-refractivity contribution in [3.63, 3.8) is 0 Å². The largest absolute Gasteiger partial charge is 0.386 e. The molecule has 0 aliphatic rings. The Hall–Kier alpha value is -0.930. The number of benzene rings is 1. The van der Waals surface area contributed by atoms with Crippen molar-refractivity contribution < 1.29 is 14.2 Å². The summed E-state index contributed by atoms with van der Waals surface area (Å²) in [5, 5.41) is 9.82. The van der Waals surface area contributed by atoms with Gasteiger partial charge in [-0.1, -0.05) is 32.0 Å². The molecule has 0 aliphatic carbocycles. The Kier molecular flexibility index (Phi) is 5.59. The summed E-state index contributed by atoms with van der Waals surface area (Å²) in [5.74, 6) is 0.163. The maximum absolute atomic E-state index is 13.4. The van der Waals surface area contributed by atoms with E-state index in [-0.39, 0.29) is 18.5 Å². The van der Waals surface area contributed by atoms with E-state index in [1.165, 1.54) is 6.07 Å². The summed E-state index contributed by atoms with van der Waals surface area (Å²) in [6, 6.07) is 6.24. The van der Waals surface area contributed by atoms with Crippen molar-refractivity contribution in [2.24, 2.45) is 5.92 Å². The third-order valence-electron chi connectivity index (χ3n) is 2.61. The predicted molar refractivity (Wildman–Crippen MR) is 66.2 cm³/mol. The monoisotopic (exact) mass is 240 g/mol. The van der Waals surface area contributed by atoms with Crippen LogP contribution in [0.4, 0.5) is 4.39 Å². The van der Waals surface area contributed by atoms with Crippen molar-refractivity contribution in [1.82, 2.24) is 0 Å². The van der Waals surface area contributed by atoms with Crippen LogP contribution in [0.15, 0.2) is 24.3 Å². The minimum Gasteiger partial charge on any atom is -0.386 e. The van der Waals surface area contributed by atoms with Crippen LogP contribution >= 0.6 is 0 Å². The first-order chi connectivity index (χ1) is 8.00. The van der Waals surface area contributed by atoms with Crippen LogP contribution in [0, 0.1) is 11.7 Å². The minimum absolute atomic E-state index is 0.0800. The van der Waals surface area contributed by atoms with Crippen LogP contribution in [-0.2, 0) is 4.74 Å². The van der Waals surface area contributed by atoms with Gasteiger partial charge in [0.05, 0.1) is 12.7 Å². The normalized spacial score (nSPS) is 14.9. The van der Waals surface area contributed by atoms with E-state index in [1.807, 2.05) is 6.92 Å². The fourth-order valence-corrected chi connectivity index (χ4v) is 1.82. The molecule has 0 saturated heterocycles. The predicted octanol–water partition coefficient (Wildman–Crippen LogP) is 3.31. The molecule has 1 aromatic rings. The van der Waals surface area contributed by atoms with Crippen molar-refractivity contribution in [3.05, 3.63) is 35.6 Å². The van der Waals surface area contributed by atoms with E-state index in [4.69, 9.17) is 4.74 Å². The van der Waals surface area contributed by atoms with E-state index in [9.17, 15) is 9.50 Å². The third-order valence-corrected chi connectivity index (χ3v) is 2.61. The van der Waals surface area contributed by atoms with Crippen molar-refractivity contribution in [3.8, 4) is 0 Å². The van der Waals surface area contributed by atoms with Gasteiger partial charge in [0.25, 0.3) is 0 Å². The average molecular weight is 240 g/mol. The van der Waals surface area contributed by atoms with Gasteiger partial charge in [0.2, 0.25) is 0 Å². The fraction of sp³-hybridized carbons (Fsp3) is 0.571. The summed E-state index contributed by atoms with van der Waals surface area (Å²) >= 11 is 0. The van der Waals surface area contributed by atoms with Gasteiger partial charge in [-0.05, 0) is 25.3 Å². The zero-order valence-corrected chi connectivity index (χ0v) is 10.7. The van der Waals surface area contributed by atoms with Gasteiger partial charge in [-0.25, -0.2) is 4.39 Å². The Labute approximate surface area is 102 Å². The lowest BCUT2D eigenvalue weighted by molar-refractivity contribution is -0.0112. The second-order valence-corrected chi connectivity index (χ2v) is 4.81. The van der Waals surface area contributed by atoms with Crippen molar-refractivity contribution in [1.29, 1.82) is 0 Å². The zero-order chi connectivity index (χ0) is 12.8. The van der Waals surface area contributed by atoms with E-state index in [1.54, 1.807) is 18.2 Å². The molecule has 2 unspecified atom stereocenters. The summed E-state index contributed by atoms with van der Waals surface area (Å²) in [5.41, 5.74) is 0.296. The van der Waals surface area contributed by atoms with Gasteiger partial charge in [-0.15, -0.1) is 0 Å². The molecule has 1 N–H and O–H groups in total. The van der Waals surface area contributed by atoms with Crippen molar-refractivity contribution in [2.45, 2.75) is 39.4 Å². The van der Waals surface area contributed by atoms with Crippen LogP contribution in [0.2, 0.25) is 0 Å². The number of ether oxygens (including phenoxy) is 1. The Balaban J connectivity index is 2.45. The molecule has 0 fully saturated rings. The molecule has 17 heavy (non-hydrogen) atoms. The first kappa shape index (κ1) is 14.1. The lowest BCUT2D eigenvalue weighted by atomic mass is 10.1. The second kappa shape index (κ2) is 6.72. The van der Waals surface area contributed by atoms with Crippen molar-refractivity contribution >= 4 is 0 Å². The lowest BCUT2D eigenvalue weighted by Gasteiger charge is -2.18. The first-order valence-corrected chi connectivity index (χ1v) is 6.04. The minimum atomic E-state index is -0.897. The first-order valence-electron chi connectivity index (χ1n) is 6.04. The fourth-order valence-electron chi connectivity index (χ4n) is 1.82. The number of aliphatic hydroxyl groups excluding tert-OH is 1. The highest BCUT2D eigenvalue weighted by atomic mass is 19.1.